The third kappa shape index (κ3) is 5.31. The van der Waals surface area contributed by atoms with Gasteiger partial charge in [0.1, 0.15) is 5.82 Å². The Labute approximate surface area is 255 Å². The van der Waals surface area contributed by atoms with Crippen molar-refractivity contribution in [1.29, 1.82) is 0 Å². The first-order valence-electron chi connectivity index (χ1n) is 14.1. The average Bonchev–Trinajstić information content (AvgIpc) is 3.87. The average molecular weight is 587 g/mol. The second-order valence-corrected chi connectivity index (χ2v) is 10.4. The van der Waals surface area contributed by atoms with Gasteiger partial charge in [0, 0.05) is 49.1 Å². The Kier molecular flexibility index (Phi) is 7.69. The van der Waals surface area contributed by atoms with Crippen molar-refractivity contribution in [2.45, 2.75) is 25.7 Å². The number of esters is 2. The Morgan fingerprint density at radius 3 is 2.09 bits per heavy atom. The molecule has 44 heavy (non-hydrogen) atoms. The summed E-state index contributed by atoms with van der Waals surface area (Å²) in [5, 5.41) is 3.34. The fourth-order valence-corrected chi connectivity index (χ4v) is 5.49. The minimum atomic E-state index is -0.323. The molecule has 10 heteroatoms. The zero-order valence-corrected chi connectivity index (χ0v) is 24.6. The van der Waals surface area contributed by atoms with Crippen LogP contribution in [0.15, 0.2) is 110 Å². The van der Waals surface area contributed by atoms with Crippen LogP contribution < -0.4 is 5.32 Å². The quantitative estimate of drug-likeness (QED) is 0.374. The van der Waals surface area contributed by atoms with E-state index < -0.39 is 0 Å². The van der Waals surface area contributed by atoms with E-state index in [4.69, 9.17) is 30.9 Å². The summed E-state index contributed by atoms with van der Waals surface area (Å²) < 4.78 is 9.85. The van der Waals surface area contributed by atoms with Crippen molar-refractivity contribution in [3.63, 3.8) is 0 Å². The van der Waals surface area contributed by atoms with Crippen LogP contribution in [0.1, 0.15) is 37.1 Å². The summed E-state index contributed by atoms with van der Waals surface area (Å²) in [4.78, 5) is 44.7. The predicted molar refractivity (Wildman–Crippen MR) is 170 cm³/mol. The third-order valence-corrected chi connectivity index (χ3v) is 7.76. The van der Waals surface area contributed by atoms with Crippen LogP contribution in [0.25, 0.3) is 11.1 Å². The molecule has 1 aromatic heterocycles. The molecular weight excluding hydrogens is 556 g/mol. The molecule has 220 valence electrons. The first kappa shape index (κ1) is 28.4. The van der Waals surface area contributed by atoms with Crippen LogP contribution in [-0.2, 0) is 19.1 Å². The summed E-state index contributed by atoms with van der Waals surface area (Å²) in [5.41, 5.74) is 8.60. The maximum atomic E-state index is 12.2. The summed E-state index contributed by atoms with van der Waals surface area (Å²) in [6.45, 7) is 0. The van der Waals surface area contributed by atoms with E-state index in [0.717, 1.165) is 39.6 Å². The number of methoxy groups -OCH3 is 2. The number of ether oxygens (including phenoxy) is 2. The minimum Gasteiger partial charge on any atom is -0.469 e. The number of terminal acetylenes is 1. The standard InChI is InChI=1S/C34H30N6O4/c1-5-20-23-8-10-25(36-23)21(6-16-31(41)43-3)27-12-14-29(38-27)33(34-35-18-19-40(34)2)30-15-13-28(39-30)22(7-17-32(42)44-4)26-11-9-24(20)37-26/h1,8-15,18-19,35,38H,6-7,16-17H2,2-4H3/b24-20?,25-21?,28-22?,34-33+. The van der Waals surface area contributed by atoms with E-state index in [2.05, 4.69) is 16.2 Å². The SMILES string of the molecule is C#CC1=C2C=CC(=N2)C(CCC(=O)OC)=C2C=CC(=N2)/C(=C2\NC=CN2C)c2ccc([nH]2)C(CCC(=O)OC)=C2C=CC1=N2. The molecule has 0 amide bonds. The predicted octanol–water partition coefficient (Wildman–Crippen LogP) is 4.49. The molecule has 0 saturated carbocycles. The molecule has 0 spiro atoms. The number of nitrogens with zero attached hydrogens (tertiary/aromatic N) is 4. The van der Waals surface area contributed by atoms with E-state index in [1.807, 2.05) is 72.9 Å². The molecule has 0 fully saturated rings. The van der Waals surface area contributed by atoms with E-state index in [1.54, 1.807) is 0 Å². The van der Waals surface area contributed by atoms with Gasteiger partial charge < -0.3 is 24.7 Å². The Morgan fingerprint density at radius 1 is 0.818 bits per heavy atom. The molecule has 0 atom stereocenters. The first-order chi connectivity index (χ1) is 21.4. The van der Waals surface area contributed by atoms with E-state index >= 15 is 0 Å². The molecule has 0 radical (unpaired) electrons. The van der Waals surface area contributed by atoms with Crippen molar-refractivity contribution in [2.75, 3.05) is 21.3 Å². The Hall–Kier alpha value is -5.69. The summed E-state index contributed by atoms with van der Waals surface area (Å²) >= 11 is 0. The number of fused-ring (bicyclic) bond motifs is 5. The molecule has 1 aromatic rings. The molecule has 5 aliphatic heterocycles. The second kappa shape index (κ2) is 11.9. The van der Waals surface area contributed by atoms with Crippen LogP contribution in [0.3, 0.4) is 0 Å². The lowest BCUT2D eigenvalue weighted by Gasteiger charge is -2.17. The lowest BCUT2D eigenvalue weighted by atomic mass is 10.0. The highest BCUT2D eigenvalue weighted by Gasteiger charge is 2.27. The first-order valence-corrected chi connectivity index (χ1v) is 14.1. The molecule has 6 heterocycles. The molecule has 2 N–H and O–H groups in total. The topological polar surface area (TPSA) is 121 Å². The number of carbonyl (C=O) groups excluding carboxylic acids is 2. The highest BCUT2D eigenvalue weighted by molar-refractivity contribution is 6.31. The van der Waals surface area contributed by atoms with Gasteiger partial charge in [0.25, 0.3) is 0 Å². The maximum absolute atomic E-state index is 12.2. The number of H-pyrrole nitrogens is 1. The maximum Gasteiger partial charge on any atom is 0.305 e. The van der Waals surface area contributed by atoms with Gasteiger partial charge in [-0.25, -0.2) is 15.0 Å². The molecule has 0 unspecified atom stereocenters. The number of nitrogens with one attached hydrogen (secondary N) is 2. The Balaban J connectivity index is 1.59. The minimum absolute atomic E-state index is 0.169. The molecule has 0 aromatic carbocycles. The van der Waals surface area contributed by atoms with Gasteiger partial charge in [0.15, 0.2) is 0 Å². The Bertz CT molecular complexity index is 1860. The van der Waals surface area contributed by atoms with Crippen LogP contribution in [-0.4, -0.2) is 60.2 Å². The number of aromatic amines is 1. The lowest BCUT2D eigenvalue weighted by Crippen LogP contribution is -2.19. The van der Waals surface area contributed by atoms with Crippen LogP contribution in [0.4, 0.5) is 0 Å². The monoisotopic (exact) mass is 586 g/mol. The van der Waals surface area contributed by atoms with Gasteiger partial charge in [-0.2, -0.15) is 0 Å². The van der Waals surface area contributed by atoms with Crippen molar-refractivity contribution >= 4 is 40.2 Å². The Morgan fingerprint density at radius 2 is 1.41 bits per heavy atom. The van der Waals surface area contributed by atoms with Crippen molar-refractivity contribution < 1.29 is 19.1 Å². The fourth-order valence-electron chi connectivity index (χ4n) is 5.49. The van der Waals surface area contributed by atoms with Crippen molar-refractivity contribution in [3.8, 4) is 12.3 Å². The van der Waals surface area contributed by atoms with Gasteiger partial charge in [-0.15, -0.1) is 6.42 Å². The van der Waals surface area contributed by atoms with Gasteiger partial charge in [-0.1, -0.05) is 5.92 Å². The number of hydrogen-bond donors (Lipinski definition) is 2. The lowest BCUT2D eigenvalue weighted by molar-refractivity contribution is -0.141. The smallest absolute Gasteiger partial charge is 0.305 e. The normalized spacial score (nSPS) is 19.9. The highest BCUT2D eigenvalue weighted by Crippen LogP contribution is 2.35. The number of hydrogen-bond acceptors (Lipinski definition) is 9. The summed E-state index contributed by atoms with van der Waals surface area (Å²) in [6.07, 6.45) is 22.3. The van der Waals surface area contributed by atoms with Crippen LogP contribution in [0.5, 0.6) is 0 Å². The zero-order valence-electron chi connectivity index (χ0n) is 24.6. The van der Waals surface area contributed by atoms with E-state index in [9.17, 15) is 9.59 Å². The zero-order chi connectivity index (χ0) is 30.8. The third-order valence-electron chi connectivity index (χ3n) is 7.76. The molecule has 8 bridgehead atoms. The molecule has 5 aliphatic rings. The van der Waals surface area contributed by atoms with Crippen molar-refractivity contribution in [3.05, 3.63) is 106 Å². The number of allylic oxidation sites excluding steroid dienone is 10. The second-order valence-electron chi connectivity index (χ2n) is 10.4. The highest BCUT2D eigenvalue weighted by atomic mass is 16.5. The van der Waals surface area contributed by atoms with Gasteiger partial charge in [0.05, 0.1) is 65.3 Å². The molecule has 0 saturated heterocycles. The molecular formula is C34H30N6O4. The summed E-state index contributed by atoms with van der Waals surface area (Å²) in [5.74, 6) is 2.97. The van der Waals surface area contributed by atoms with Crippen LogP contribution in [0, 0.1) is 12.3 Å². The fraction of sp³-hybridized carbons (Fsp3) is 0.206. The van der Waals surface area contributed by atoms with Gasteiger partial charge in [-0.3, -0.25) is 9.59 Å². The largest absolute Gasteiger partial charge is 0.469 e. The summed E-state index contributed by atoms with van der Waals surface area (Å²) in [7, 11) is 4.71. The number of aliphatic imine (C=N–C) groups is 3. The van der Waals surface area contributed by atoms with E-state index in [1.165, 1.54) is 14.2 Å². The number of carbonyl (C=O) groups is 2. The van der Waals surface area contributed by atoms with Gasteiger partial charge >= 0.3 is 11.9 Å². The molecule has 0 aliphatic carbocycles. The number of rotatable bonds is 6. The van der Waals surface area contributed by atoms with E-state index in [-0.39, 0.29) is 24.8 Å². The van der Waals surface area contributed by atoms with Crippen LogP contribution in [0.2, 0.25) is 0 Å². The number of aromatic nitrogens is 1. The van der Waals surface area contributed by atoms with Gasteiger partial charge in [0.2, 0.25) is 0 Å². The van der Waals surface area contributed by atoms with Crippen LogP contribution >= 0.6 is 0 Å². The van der Waals surface area contributed by atoms with Crippen molar-refractivity contribution in [2.24, 2.45) is 15.0 Å². The summed E-state index contributed by atoms with van der Waals surface area (Å²) in [6, 6.07) is 3.97. The van der Waals surface area contributed by atoms with Crippen molar-refractivity contribution in [1.82, 2.24) is 15.2 Å². The van der Waals surface area contributed by atoms with Gasteiger partial charge in [-0.05, 0) is 61.4 Å². The molecule has 6 rings (SSSR count). The van der Waals surface area contributed by atoms with E-state index in [0.29, 0.717) is 46.9 Å². The molecule has 10 nitrogen and oxygen atoms in total.